The smallest absolute Gasteiger partial charge is 0.306 e. The number of carbonyl (C=O) groups is 2. The van der Waals surface area contributed by atoms with Crippen LogP contribution in [0.5, 0.6) is 0 Å². The van der Waals surface area contributed by atoms with E-state index in [2.05, 4.69) is 97.8 Å². The molecule has 0 atom stereocenters. The Morgan fingerprint density at radius 2 is 0.750 bits per heavy atom. The SMILES string of the molecule is C.C.C.C.CC(C)(C)OC(=O)CCCOCCc1ccccc1C1(O)CCN(Cc2ccccc2)CC1.CC(C)(C)OC(=O)CCCOCCc1ccccc1C1(O)CCNCC1.OCCc1ccccc1Br.OCCc1ccccc1C1(O)CCN(Cc2ccccc2)CC1. The molecule has 14 nitrogen and oxygen atoms in total. The highest BCUT2D eigenvalue weighted by atomic mass is 79.9. The molecule has 0 aromatic heterocycles. The first kappa shape index (κ1) is 86.4. The molecule has 3 heterocycles. The van der Waals surface area contributed by atoms with Gasteiger partial charge in [0.2, 0.25) is 0 Å². The van der Waals surface area contributed by atoms with Gasteiger partial charge in [0, 0.05) is 83.0 Å². The fourth-order valence-electron chi connectivity index (χ4n) is 12.0. The van der Waals surface area contributed by atoms with E-state index in [0.717, 1.165) is 154 Å². The third kappa shape index (κ3) is 30.6. The van der Waals surface area contributed by atoms with Crippen LogP contribution >= 0.6 is 15.9 Å². The van der Waals surface area contributed by atoms with Gasteiger partial charge in [-0.25, -0.2) is 0 Å². The number of ether oxygens (including phenoxy) is 4. The zero-order valence-electron chi connectivity index (χ0n) is 55.8. The van der Waals surface area contributed by atoms with Gasteiger partial charge in [-0.1, -0.05) is 197 Å². The van der Waals surface area contributed by atoms with Crippen LogP contribution in [0.4, 0.5) is 0 Å². The van der Waals surface area contributed by atoms with Gasteiger partial charge in [0.1, 0.15) is 11.2 Å². The minimum atomic E-state index is -0.791. The molecular formula is C81H122BrN3O11. The van der Waals surface area contributed by atoms with E-state index in [9.17, 15) is 30.0 Å². The fraction of sp³-hybridized carbons (Fsp3) is 0.531. The van der Waals surface area contributed by atoms with Crippen LogP contribution in [-0.2, 0) is 84.1 Å². The lowest BCUT2D eigenvalue weighted by Crippen LogP contribution is -2.42. The van der Waals surface area contributed by atoms with Gasteiger partial charge in [-0.15, -0.1) is 0 Å². The molecule has 534 valence electrons. The molecule has 0 bridgehead atoms. The molecule has 0 spiro atoms. The summed E-state index contributed by atoms with van der Waals surface area (Å²) in [6, 6.07) is 53.1. The average Bonchev–Trinajstić information content (AvgIpc) is 0.834. The molecule has 15 heteroatoms. The highest BCUT2D eigenvalue weighted by Crippen LogP contribution is 2.38. The summed E-state index contributed by atoms with van der Waals surface area (Å²) in [5.74, 6) is -0.364. The molecule has 0 amide bonds. The normalized spacial score (nSPS) is 15.6. The molecule has 6 N–H and O–H groups in total. The minimum absolute atomic E-state index is 0. The Labute approximate surface area is 587 Å². The Morgan fingerprint density at radius 3 is 1.10 bits per heavy atom. The predicted octanol–water partition coefficient (Wildman–Crippen LogP) is 15.0. The van der Waals surface area contributed by atoms with Crippen LogP contribution in [0.1, 0.15) is 186 Å². The van der Waals surface area contributed by atoms with Crippen LogP contribution in [0.3, 0.4) is 0 Å². The van der Waals surface area contributed by atoms with Crippen molar-refractivity contribution >= 4 is 27.9 Å². The number of likely N-dealkylation sites (tertiary alicyclic amines) is 2. The van der Waals surface area contributed by atoms with E-state index >= 15 is 0 Å². The molecule has 0 aliphatic carbocycles. The first-order valence-corrected chi connectivity index (χ1v) is 34.1. The minimum Gasteiger partial charge on any atom is -0.460 e. The molecular weight excluding hydrogens is 1270 g/mol. The zero-order valence-corrected chi connectivity index (χ0v) is 57.4. The van der Waals surface area contributed by atoms with Crippen molar-refractivity contribution in [3.05, 3.63) is 212 Å². The number of nitrogens with one attached hydrogen (secondary N) is 1. The number of aliphatic hydroxyl groups excluding tert-OH is 2. The maximum Gasteiger partial charge on any atom is 0.306 e. The van der Waals surface area contributed by atoms with E-state index < -0.39 is 28.0 Å². The second-order valence-electron chi connectivity index (χ2n) is 26.5. The number of hydrogen-bond acceptors (Lipinski definition) is 14. The molecule has 9 rings (SSSR count). The van der Waals surface area contributed by atoms with Crippen molar-refractivity contribution in [3.8, 4) is 0 Å². The molecule has 0 unspecified atom stereocenters. The summed E-state index contributed by atoms with van der Waals surface area (Å²) in [7, 11) is 0. The molecule has 3 aliphatic rings. The third-order valence-corrected chi connectivity index (χ3v) is 17.6. The molecule has 0 radical (unpaired) electrons. The largest absolute Gasteiger partial charge is 0.460 e. The van der Waals surface area contributed by atoms with Crippen LogP contribution in [0, 0.1) is 0 Å². The molecule has 3 aliphatic heterocycles. The van der Waals surface area contributed by atoms with Crippen LogP contribution in [0.2, 0.25) is 0 Å². The first-order valence-electron chi connectivity index (χ1n) is 33.3. The van der Waals surface area contributed by atoms with E-state index in [1.807, 2.05) is 133 Å². The standard InChI is InChI=1S/C28H39NO4.C21H33NO4.C20H25NO2.C8H9BrO.4CH4/c1-27(2,3)33-26(30)14-9-20-32-21-15-24-12-7-8-13-25(24)28(31)16-18-29(19-17-28)22-23-10-5-4-6-11-23;1-20(2,3)26-19(23)9-6-15-25-16-10-17-7-4-5-8-18(17)21(24)11-13-22-14-12-21;22-15-10-18-8-4-5-9-19(18)20(23)11-13-21(14-12-20)16-17-6-2-1-3-7-17;9-8-4-2-1-3-7(8)5-6-10;;;;/h4-8,10-13,31H,9,14-22H2,1-3H3;4-5,7-8,22,24H,6,9-16H2,1-3H3;1-9,22-23H,10-16H2;1-4,10H,5-6H2;4*1H4. The number of aliphatic hydroxyl groups is 5. The van der Waals surface area contributed by atoms with Crippen LogP contribution < -0.4 is 5.32 Å². The number of hydrogen-bond donors (Lipinski definition) is 6. The van der Waals surface area contributed by atoms with Gasteiger partial charge in [-0.3, -0.25) is 19.4 Å². The summed E-state index contributed by atoms with van der Waals surface area (Å²) in [6.45, 7) is 20.9. The lowest BCUT2D eigenvalue weighted by Gasteiger charge is -2.39. The zero-order chi connectivity index (χ0) is 66.3. The quantitative estimate of drug-likeness (QED) is 0.0234. The highest BCUT2D eigenvalue weighted by molar-refractivity contribution is 9.10. The molecule has 6 aromatic rings. The fourth-order valence-corrected chi connectivity index (χ4v) is 12.5. The van der Waals surface area contributed by atoms with E-state index in [1.54, 1.807) is 0 Å². The Kier molecular flexibility index (Phi) is 40.0. The summed E-state index contributed by atoms with van der Waals surface area (Å²) in [4.78, 5) is 28.3. The van der Waals surface area contributed by atoms with Gasteiger partial charge in [0.05, 0.1) is 30.0 Å². The lowest BCUT2D eigenvalue weighted by molar-refractivity contribution is -0.156. The summed E-state index contributed by atoms with van der Waals surface area (Å²) in [5, 5.41) is 54.8. The molecule has 3 fully saturated rings. The number of halogens is 1. The van der Waals surface area contributed by atoms with Gasteiger partial charge < -0.3 is 49.8 Å². The highest BCUT2D eigenvalue weighted by Gasteiger charge is 2.37. The van der Waals surface area contributed by atoms with Crippen LogP contribution in [0.15, 0.2) is 162 Å². The first-order chi connectivity index (χ1) is 44.1. The van der Waals surface area contributed by atoms with Crippen molar-refractivity contribution < 1.29 is 54.1 Å². The van der Waals surface area contributed by atoms with Gasteiger partial charge in [0.25, 0.3) is 0 Å². The third-order valence-electron chi connectivity index (χ3n) is 16.8. The number of piperidine rings is 3. The molecule has 96 heavy (non-hydrogen) atoms. The molecule has 6 aromatic carbocycles. The molecule has 3 saturated heterocycles. The lowest BCUT2D eigenvalue weighted by atomic mass is 9.81. The monoisotopic (exact) mass is 1390 g/mol. The number of rotatable bonds is 25. The van der Waals surface area contributed by atoms with Crippen LogP contribution in [0.25, 0.3) is 0 Å². The van der Waals surface area contributed by atoms with E-state index in [-0.39, 0.29) is 54.9 Å². The summed E-state index contributed by atoms with van der Waals surface area (Å²) in [5.41, 5.74) is 7.01. The van der Waals surface area contributed by atoms with Gasteiger partial charge in [-0.2, -0.15) is 0 Å². The Bertz CT molecular complexity index is 3060. The van der Waals surface area contributed by atoms with Crippen molar-refractivity contribution in [2.45, 2.75) is 202 Å². The van der Waals surface area contributed by atoms with Gasteiger partial charge in [-0.05, 0) is 188 Å². The van der Waals surface area contributed by atoms with E-state index in [4.69, 9.17) is 24.1 Å². The number of benzene rings is 6. The Morgan fingerprint density at radius 1 is 0.438 bits per heavy atom. The predicted molar refractivity (Wildman–Crippen MR) is 397 cm³/mol. The van der Waals surface area contributed by atoms with Crippen LogP contribution in [-0.4, -0.2) is 137 Å². The van der Waals surface area contributed by atoms with Crippen molar-refractivity contribution in [1.29, 1.82) is 0 Å². The van der Waals surface area contributed by atoms with Crippen molar-refractivity contribution in [2.75, 3.05) is 78.9 Å². The Balaban J connectivity index is 0.000000453. The topological polar surface area (TPSA) is 191 Å². The maximum absolute atomic E-state index is 11.8. The Hall–Kier alpha value is -5.66. The van der Waals surface area contributed by atoms with E-state index in [1.165, 1.54) is 11.1 Å². The maximum atomic E-state index is 11.8. The second kappa shape index (κ2) is 44.4. The molecule has 0 saturated carbocycles. The van der Waals surface area contributed by atoms with Gasteiger partial charge in [0.15, 0.2) is 0 Å². The number of nitrogens with zero attached hydrogens (tertiary/aromatic N) is 2. The van der Waals surface area contributed by atoms with E-state index in [0.29, 0.717) is 58.5 Å². The average molecular weight is 1390 g/mol. The van der Waals surface area contributed by atoms with Crippen molar-refractivity contribution in [3.63, 3.8) is 0 Å². The summed E-state index contributed by atoms with van der Waals surface area (Å²) >= 11 is 3.39. The number of carbonyl (C=O) groups excluding carboxylic acids is 2. The van der Waals surface area contributed by atoms with Crippen molar-refractivity contribution in [1.82, 2.24) is 15.1 Å². The summed E-state index contributed by atoms with van der Waals surface area (Å²) in [6.07, 6.45) is 9.30. The van der Waals surface area contributed by atoms with Crippen molar-refractivity contribution in [2.24, 2.45) is 0 Å². The summed E-state index contributed by atoms with van der Waals surface area (Å²) < 4.78 is 23.1. The number of esters is 2. The van der Waals surface area contributed by atoms with Gasteiger partial charge >= 0.3 is 11.9 Å². The second-order valence-corrected chi connectivity index (χ2v) is 27.3.